The zero-order valence-electron chi connectivity index (χ0n) is 13.4. The Labute approximate surface area is 125 Å². The van der Waals surface area contributed by atoms with Crippen LogP contribution in [-0.2, 0) is 12.7 Å². The van der Waals surface area contributed by atoms with Gasteiger partial charge in [0, 0.05) is 25.3 Å². The first-order valence-corrected chi connectivity index (χ1v) is 7.26. The van der Waals surface area contributed by atoms with E-state index in [0.29, 0.717) is 23.7 Å². The molecule has 0 amide bonds. The standard InChI is InChI=1S/C16H25F3N2/c1-11(2)9-20-10-13-6-7-14(21(5)12(3)4)8-15(13)16(17,18)19/h6-8,11-12,20H,9-10H2,1-5H3. The van der Waals surface area contributed by atoms with E-state index in [9.17, 15) is 13.2 Å². The molecule has 0 unspecified atom stereocenters. The average molecular weight is 302 g/mol. The van der Waals surface area contributed by atoms with Crippen LogP contribution in [0.15, 0.2) is 18.2 Å². The molecule has 1 N–H and O–H groups in total. The Morgan fingerprint density at radius 3 is 2.24 bits per heavy atom. The third-order valence-electron chi connectivity index (χ3n) is 3.45. The van der Waals surface area contributed by atoms with E-state index >= 15 is 0 Å². The highest BCUT2D eigenvalue weighted by atomic mass is 19.4. The van der Waals surface area contributed by atoms with Gasteiger partial charge < -0.3 is 10.2 Å². The van der Waals surface area contributed by atoms with Crippen molar-refractivity contribution in [2.24, 2.45) is 5.92 Å². The van der Waals surface area contributed by atoms with Gasteiger partial charge in [0.2, 0.25) is 0 Å². The van der Waals surface area contributed by atoms with Crippen LogP contribution < -0.4 is 10.2 Å². The second kappa shape index (κ2) is 7.16. The highest BCUT2D eigenvalue weighted by Gasteiger charge is 2.33. The number of benzene rings is 1. The molecular formula is C16H25F3N2. The van der Waals surface area contributed by atoms with Crippen molar-refractivity contribution < 1.29 is 13.2 Å². The fourth-order valence-corrected chi connectivity index (χ4v) is 2.00. The van der Waals surface area contributed by atoms with Crippen molar-refractivity contribution in [3.63, 3.8) is 0 Å². The van der Waals surface area contributed by atoms with Gasteiger partial charge in [-0.25, -0.2) is 0 Å². The van der Waals surface area contributed by atoms with Gasteiger partial charge in [0.15, 0.2) is 0 Å². The summed E-state index contributed by atoms with van der Waals surface area (Å²) in [6.45, 7) is 8.89. The number of anilines is 1. The van der Waals surface area contributed by atoms with Crippen LogP contribution in [0.2, 0.25) is 0 Å². The second-order valence-electron chi connectivity index (χ2n) is 6.07. The van der Waals surface area contributed by atoms with E-state index in [1.165, 1.54) is 6.07 Å². The van der Waals surface area contributed by atoms with Crippen LogP contribution in [0.5, 0.6) is 0 Å². The third kappa shape index (κ3) is 5.23. The minimum absolute atomic E-state index is 0.149. The maximum Gasteiger partial charge on any atom is 0.416 e. The highest BCUT2D eigenvalue weighted by Crippen LogP contribution is 2.34. The van der Waals surface area contributed by atoms with E-state index < -0.39 is 11.7 Å². The quantitative estimate of drug-likeness (QED) is 0.843. The summed E-state index contributed by atoms with van der Waals surface area (Å²) in [5.41, 5.74) is 0.331. The molecule has 0 saturated carbocycles. The minimum Gasteiger partial charge on any atom is -0.372 e. The van der Waals surface area contributed by atoms with Gasteiger partial charge in [-0.3, -0.25) is 0 Å². The van der Waals surface area contributed by atoms with E-state index in [4.69, 9.17) is 0 Å². The molecule has 0 bridgehead atoms. The molecule has 0 fully saturated rings. The fraction of sp³-hybridized carbons (Fsp3) is 0.625. The van der Waals surface area contributed by atoms with E-state index in [0.717, 1.165) is 0 Å². The number of nitrogens with zero attached hydrogens (tertiary/aromatic N) is 1. The number of alkyl halides is 3. The van der Waals surface area contributed by atoms with Crippen molar-refractivity contribution >= 4 is 5.69 Å². The van der Waals surface area contributed by atoms with Crippen LogP contribution in [0.25, 0.3) is 0 Å². The van der Waals surface area contributed by atoms with Crippen LogP contribution >= 0.6 is 0 Å². The van der Waals surface area contributed by atoms with Gasteiger partial charge in [0.25, 0.3) is 0 Å². The molecule has 0 aromatic heterocycles. The van der Waals surface area contributed by atoms with Gasteiger partial charge in [-0.1, -0.05) is 19.9 Å². The summed E-state index contributed by atoms with van der Waals surface area (Å²) in [6, 6.07) is 4.72. The van der Waals surface area contributed by atoms with E-state index in [1.807, 2.05) is 32.6 Å². The molecule has 0 aliphatic rings. The maximum absolute atomic E-state index is 13.2. The smallest absolute Gasteiger partial charge is 0.372 e. The Morgan fingerprint density at radius 2 is 1.76 bits per heavy atom. The van der Waals surface area contributed by atoms with E-state index in [2.05, 4.69) is 5.32 Å². The largest absolute Gasteiger partial charge is 0.416 e. The van der Waals surface area contributed by atoms with Crippen LogP contribution in [-0.4, -0.2) is 19.6 Å². The van der Waals surface area contributed by atoms with Gasteiger partial charge in [0.1, 0.15) is 0 Å². The topological polar surface area (TPSA) is 15.3 Å². The zero-order valence-corrected chi connectivity index (χ0v) is 13.4. The number of rotatable bonds is 6. The van der Waals surface area contributed by atoms with Gasteiger partial charge in [-0.2, -0.15) is 13.2 Å². The molecule has 0 radical (unpaired) electrons. The maximum atomic E-state index is 13.2. The van der Waals surface area contributed by atoms with Crippen molar-refractivity contribution in [1.82, 2.24) is 5.32 Å². The highest BCUT2D eigenvalue weighted by molar-refractivity contribution is 5.52. The molecule has 0 spiro atoms. The lowest BCUT2D eigenvalue weighted by Gasteiger charge is -2.25. The zero-order chi connectivity index (χ0) is 16.2. The van der Waals surface area contributed by atoms with Crippen LogP contribution in [0.1, 0.15) is 38.8 Å². The molecular weight excluding hydrogens is 277 g/mol. The Kier molecular flexibility index (Phi) is 6.08. The van der Waals surface area contributed by atoms with Gasteiger partial charge in [0.05, 0.1) is 5.56 Å². The number of halogens is 3. The summed E-state index contributed by atoms with van der Waals surface area (Å²) in [5.74, 6) is 0.408. The number of hydrogen-bond donors (Lipinski definition) is 1. The number of nitrogens with one attached hydrogen (secondary N) is 1. The molecule has 1 aromatic rings. The van der Waals surface area contributed by atoms with Crippen LogP contribution in [0.3, 0.4) is 0 Å². The summed E-state index contributed by atoms with van der Waals surface area (Å²) in [5, 5.41) is 3.07. The predicted octanol–water partition coefficient (Wildman–Crippen LogP) is 4.30. The van der Waals surface area contributed by atoms with E-state index in [1.54, 1.807) is 19.2 Å². The molecule has 21 heavy (non-hydrogen) atoms. The Hall–Kier alpha value is -1.23. The second-order valence-corrected chi connectivity index (χ2v) is 6.07. The molecule has 5 heteroatoms. The lowest BCUT2D eigenvalue weighted by molar-refractivity contribution is -0.138. The first-order valence-electron chi connectivity index (χ1n) is 7.26. The molecule has 0 aliphatic heterocycles. The normalized spacial score (nSPS) is 12.3. The fourth-order valence-electron chi connectivity index (χ4n) is 2.00. The first-order chi connectivity index (χ1) is 9.62. The van der Waals surface area contributed by atoms with Gasteiger partial charge in [-0.15, -0.1) is 0 Å². The monoisotopic (exact) mass is 302 g/mol. The molecule has 1 rings (SSSR count). The first kappa shape index (κ1) is 17.8. The Balaban J connectivity index is 3.03. The summed E-state index contributed by atoms with van der Waals surface area (Å²) >= 11 is 0. The lowest BCUT2D eigenvalue weighted by atomic mass is 10.0. The van der Waals surface area contributed by atoms with Crippen molar-refractivity contribution in [2.75, 3.05) is 18.5 Å². The van der Waals surface area contributed by atoms with Crippen molar-refractivity contribution in [3.8, 4) is 0 Å². The summed E-state index contributed by atoms with van der Waals surface area (Å²) in [7, 11) is 1.80. The molecule has 0 atom stereocenters. The third-order valence-corrected chi connectivity index (χ3v) is 3.45. The Bertz CT molecular complexity index is 453. The Morgan fingerprint density at radius 1 is 1.14 bits per heavy atom. The molecule has 0 aliphatic carbocycles. The summed E-state index contributed by atoms with van der Waals surface area (Å²) < 4.78 is 39.7. The molecule has 2 nitrogen and oxygen atoms in total. The molecule has 1 aromatic carbocycles. The van der Waals surface area contributed by atoms with Crippen molar-refractivity contribution in [1.29, 1.82) is 0 Å². The van der Waals surface area contributed by atoms with Crippen molar-refractivity contribution in [3.05, 3.63) is 29.3 Å². The average Bonchev–Trinajstić information content (AvgIpc) is 2.36. The molecule has 0 saturated heterocycles. The minimum atomic E-state index is -4.33. The van der Waals surface area contributed by atoms with E-state index in [-0.39, 0.29) is 12.6 Å². The van der Waals surface area contributed by atoms with Gasteiger partial charge >= 0.3 is 6.18 Å². The summed E-state index contributed by atoms with van der Waals surface area (Å²) in [4.78, 5) is 1.83. The predicted molar refractivity (Wildman–Crippen MR) is 81.5 cm³/mol. The molecule has 0 heterocycles. The van der Waals surface area contributed by atoms with Crippen molar-refractivity contribution in [2.45, 2.75) is 46.5 Å². The SMILES string of the molecule is CC(C)CNCc1ccc(N(C)C(C)C)cc1C(F)(F)F. The van der Waals surface area contributed by atoms with Gasteiger partial charge in [-0.05, 0) is 44.0 Å². The summed E-state index contributed by atoms with van der Waals surface area (Å²) in [6.07, 6.45) is -4.33. The van der Waals surface area contributed by atoms with Crippen LogP contribution in [0.4, 0.5) is 18.9 Å². The lowest BCUT2D eigenvalue weighted by Crippen LogP contribution is -2.26. The number of hydrogen-bond acceptors (Lipinski definition) is 2. The molecule has 120 valence electrons. The van der Waals surface area contributed by atoms with Crippen LogP contribution in [0, 0.1) is 5.92 Å².